The molecule has 8 heteroatoms. The molecule has 0 aliphatic heterocycles. The van der Waals surface area contributed by atoms with E-state index in [1.54, 1.807) is 60.7 Å². The number of hydrogen-bond donors (Lipinski definition) is 0. The molecule has 48 heavy (non-hydrogen) atoms. The Morgan fingerprint density at radius 1 is 0.604 bits per heavy atom. The maximum absolute atomic E-state index is 14.8. The molecule has 4 unspecified atom stereocenters. The Bertz CT molecular complexity index is 2210. The van der Waals surface area contributed by atoms with Crippen LogP contribution < -0.4 is 0 Å². The van der Waals surface area contributed by atoms with Crippen LogP contribution >= 0.6 is 11.6 Å². The molecule has 0 saturated heterocycles. The highest BCUT2D eigenvalue weighted by Crippen LogP contribution is 2.54. The SMILES string of the molecule is Cc1ccc(S(=O)(=O)C2C[C@H]3C(=O)CC(c4ccc(Cl)cc4)C(S(=O)(=O)c4ccc(C)cc4)[C@H]3CC2c2cccc3ccccc23)cc1. The summed E-state index contributed by atoms with van der Waals surface area (Å²) in [7, 11) is -7.89. The molecule has 0 N–H and O–H groups in total. The van der Waals surface area contributed by atoms with Gasteiger partial charge >= 0.3 is 0 Å². The predicted molar refractivity (Wildman–Crippen MR) is 191 cm³/mol. The van der Waals surface area contributed by atoms with E-state index in [0.717, 1.165) is 33.0 Å². The smallest absolute Gasteiger partial charge is 0.182 e. The van der Waals surface area contributed by atoms with Crippen molar-refractivity contribution in [3.63, 3.8) is 0 Å². The third-order valence-electron chi connectivity index (χ3n) is 10.6. The maximum atomic E-state index is 14.8. The van der Waals surface area contributed by atoms with E-state index < -0.39 is 53.8 Å². The molecule has 246 valence electrons. The minimum atomic E-state index is -3.97. The average molecular weight is 697 g/mol. The lowest BCUT2D eigenvalue weighted by Crippen LogP contribution is -2.53. The summed E-state index contributed by atoms with van der Waals surface area (Å²) < 4.78 is 58.9. The Morgan fingerprint density at radius 2 is 1.19 bits per heavy atom. The van der Waals surface area contributed by atoms with E-state index in [1.807, 2.05) is 68.4 Å². The quantitative estimate of drug-likeness (QED) is 0.177. The summed E-state index contributed by atoms with van der Waals surface area (Å²) in [6.07, 6.45) is 0.301. The summed E-state index contributed by atoms with van der Waals surface area (Å²) in [5.41, 5.74) is 3.49. The van der Waals surface area contributed by atoms with Gasteiger partial charge in [0.25, 0.3) is 0 Å². The van der Waals surface area contributed by atoms with Gasteiger partial charge in [0.2, 0.25) is 0 Å². The summed E-state index contributed by atoms with van der Waals surface area (Å²) in [4.78, 5) is 14.7. The monoisotopic (exact) mass is 696 g/mol. The van der Waals surface area contributed by atoms with Crippen molar-refractivity contribution in [3.05, 3.63) is 143 Å². The summed E-state index contributed by atoms with van der Waals surface area (Å²) in [5, 5.41) is 0.582. The van der Waals surface area contributed by atoms with Crippen LogP contribution in [-0.4, -0.2) is 33.1 Å². The van der Waals surface area contributed by atoms with Crippen molar-refractivity contribution in [1.82, 2.24) is 0 Å². The van der Waals surface area contributed by atoms with Gasteiger partial charge in [-0.05, 0) is 90.9 Å². The zero-order valence-electron chi connectivity index (χ0n) is 26.8. The fourth-order valence-corrected chi connectivity index (χ4v) is 12.6. The van der Waals surface area contributed by atoms with Gasteiger partial charge in [-0.1, -0.05) is 102 Å². The molecule has 2 fully saturated rings. The largest absolute Gasteiger partial charge is 0.299 e. The molecule has 2 saturated carbocycles. The second-order valence-corrected chi connectivity index (χ2v) is 18.2. The van der Waals surface area contributed by atoms with Gasteiger partial charge in [-0.2, -0.15) is 0 Å². The summed E-state index contributed by atoms with van der Waals surface area (Å²) >= 11 is 6.24. The molecule has 6 atom stereocenters. The fourth-order valence-electron chi connectivity index (χ4n) is 8.21. The molecular formula is C40H37ClO5S2. The van der Waals surface area contributed by atoms with Crippen LogP contribution in [0.15, 0.2) is 125 Å². The van der Waals surface area contributed by atoms with Crippen molar-refractivity contribution in [1.29, 1.82) is 0 Å². The number of hydrogen-bond acceptors (Lipinski definition) is 5. The fraction of sp³-hybridized carbons (Fsp3) is 0.275. The normalized spacial score (nSPS) is 24.7. The van der Waals surface area contributed by atoms with Crippen LogP contribution in [0.5, 0.6) is 0 Å². The molecule has 0 radical (unpaired) electrons. The molecule has 5 aromatic rings. The van der Waals surface area contributed by atoms with Gasteiger partial charge < -0.3 is 0 Å². The highest BCUT2D eigenvalue weighted by molar-refractivity contribution is 7.92. The number of carbonyl (C=O) groups is 1. The Morgan fingerprint density at radius 3 is 1.83 bits per heavy atom. The number of aryl methyl sites for hydroxylation is 2. The molecule has 5 aromatic carbocycles. The van der Waals surface area contributed by atoms with Crippen LogP contribution in [0.25, 0.3) is 10.8 Å². The van der Waals surface area contributed by atoms with Gasteiger partial charge in [-0.25, -0.2) is 16.8 Å². The van der Waals surface area contributed by atoms with Gasteiger partial charge in [0, 0.05) is 29.2 Å². The molecule has 2 aliphatic carbocycles. The van der Waals surface area contributed by atoms with Crippen LogP contribution in [0.3, 0.4) is 0 Å². The number of ketones is 1. The minimum absolute atomic E-state index is 0.00872. The molecular weight excluding hydrogens is 660 g/mol. The number of rotatable bonds is 6. The Labute approximate surface area is 287 Å². The van der Waals surface area contributed by atoms with E-state index in [-0.39, 0.29) is 34.8 Å². The number of halogens is 1. The summed E-state index contributed by atoms with van der Waals surface area (Å²) in [6.45, 7) is 3.82. The van der Waals surface area contributed by atoms with Crippen molar-refractivity contribution in [2.45, 2.75) is 65.2 Å². The summed E-state index contributed by atoms with van der Waals surface area (Å²) in [6, 6.07) is 34.6. The van der Waals surface area contributed by atoms with E-state index >= 15 is 0 Å². The van der Waals surface area contributed by atoms with E-state index in [2.05, 4.69) is 0 Å². The first-order valence-corrected chi connectivity index (χ1v) is 19.8. The number of fused-ring (bicyclic) bond motifs is 2. The number of carbonyl (C=O) groups excluding carboxylic acids is 1. The molecule has 2 aliphatic rings. The lowest BCUT2D eigenvalue weighted by Gasteiger charge is -2.48. The van der Waals surface area contributed by atoms with Crippen LogP contribution in [-0.2, 0) is 24.5 Å². The van der Waals surface area contributed by atoms with Crippen LogP contribution in [0.4, 0.5) is 0 Å². The molecule has 0 amide bonds. The molecule has 7 rings (SSSR count). The highest BCUT2D eigenvalue weighted by Gasteiger charge is 2.56. The molecule has 0 heterocycles. The lowest BCUT2D eigenvalue weighted by molar-refractivity contribution is -0.128. The Balaban J connectivity index is 1.42. The molecule has 0 bridgehead atoms. The van der Waals surface area contributed by atoms with Crippen molar-refractivity contribution in [2.75, 3.05) is 0 Å². The third-order valence-corrected chi connectivity index (χ3v) is 15.4. The molecule has 5 nitrogen and oxygen atoms in total. The van der Waals surface area contributed by atoms with Crippen LogP contribution in [0.2, 0.25) is 5.02 Å². The first-order valence-electron chi connectivity index (χ1n) is 16.3. The van der Waals surface area contributed by atoms with E-state index in [1.165, 1.54) is 0 Å². The van der Waals surface area contributed by atoms with Gasteiger partial charge in [-0.3, -0.25) is 4.79 Å². The zero-order valence-corrected chi connectivity index (χ0v) is 29.2. The van der Waals surface area contributed by atoms with E-state index in [4.69, 9.17) is 11.6 Å². The van der Waals surface area contributed by atoms with E-state index in [0.29, 0.717) is 5.02 Å². The standard InChI is InChI=1S/C40H37ClO5S2/c1-25-10-18-30(19-11-25)47(43,44)39-24-35-37(22-36(39)33-9-5-7-27-6-3-4-8-32(27)33)40(48(45,46)31-20-12-26(2)13-21-31)34(23-38(35)42)28-14-16-29(41)17-15-28/h3-21,34-37,39-40H,22-24H2,1-2H3/t34?,35-,36?,37+,39?,40?/m1/s1. The van der Waals surface area contributed by atoms with Crippen molar-refractivity contribution >= 4 is 47.8 Å². The van der Waals surface area contributed by atoms with Gasteiger partial charge in [0.15, 0.2) is 19.7 Å². The minimum Gasteiger partial charge on any atom is -0.299 e. The average Bonchev–Trinajstić information content (AvgIpc) is 3.08. The lowest BCUT2D eigenvalue weighted by atomic mass is 9.61. The number of benzene rings is 5. The zero-order chi connectivity index (χ0) is 33.8. The predicted octanol–water partition coefficient (Wildman–Crippen LogP) is 8.66. The van der Waals surface area contributed by atoms with Crippen molar-refractivity contribution in [2.24, 2.45) is 11.8 Å². The third kappa shape index (κ3) is 5.80. The van der Waals surface area contributed by atoms with Gasteiger partial charge in [0.1, 0.15) is 5.78 Å². The van der Waals surface area contributed by atoms with E-state index in [9.17, 15) is 21.6 Å². The van der Waals surface area contributed by atoms with Crippen molar-refractivity contribution in [3.8, 4) is 0 Å². The number of Topliss-reactive ketones (excluding diaryl/α,β-unsaturated/α-hetero) is 1. The van der Waals surface area contributed by atoms with Gasteiger partial charge in [0.05, 0.1) is 20.3 Å². The molecule has 0 aromatic heterocycles. The Kier molecular flexibility index (Phi) is 8.59. The number of sulfone groups is 2. The topological polar surface area (TPSA) is 85.3 Å². The van der Waals surface area contributed by atoms with Gasteiger partial charge in [-0.15, -0.1) is 0 Å². The second-order valence-electron chi connectivity index (χ2n) is 13.5. The summed E-state index contributed by atoms with van der Waals surface area (Å²) in [5.74, 6) is -2.57. The molecule has 0 spiro atoms. The highest BCUT2D eigenvalue weighted by atomic mass is 35.5. The first-order chi connectivity index (χ1) is 22.9. The van der Waals surface area contributed by atoms with Crippen molar-refractivity contribution < 1.29 is 21.6 Å². The Hall–Kier alpha value is -3.78. The first kappa shape index (κ1) is 32.8. The van der Waals surface area contributed by atoms with Crippen LogP contribution in [0.1, 0.15) is 53.4 Å². The maximum Gasteiger partial charge on any atom is 0.182 e. The van der Waals surface area contributed by atoms with Crippen LogP contribution in [0, 0.1) is 25.7 Å². The second kappa shape index (κ2) is 12.6.